The number of nitrogens with zero attached hydrogens (tertiary/aromatic N) is 4. The maximum absolute atomic E-state index is 13.2. The highest BCUT2D eigenvalue weighted by Crippen LogP contribution is 2.38. The first-order valence-corrected chi connectivity index (χ1v) is 9.74. The molecule has 0 atom stereocenters. The number of nitrogen functional groups attached to an aromatic ring is 1. The molecule has 4 N–H and O–H groups in total. The molecule has 1 saturated carbocycles. The number of hydrogen-bond donors (Lipinski definition) is 3. The van der Waals surface area contributed by atoms with Gasteiger partial charge in [0.25, 0.3) is 0 Å². The smallest absolute Gasteiger partial charge is 0.393 e. The molecule has 3 aromatic heterocycles. The number of aliphatic hydroxyl groups is 1. The van der Waals surface area contributed by atoms with E-state index in [0.717, 1.165) is 18.9 Å². The number of aromatic nitrogens is 4. The SMILES string of the molecule is Nc1ncc(-c2c(Cl)nc3sc(NC4CCC(O)CC4)nn23)cc1C(F)(F)F. The van der Waals surface area contributed by atoms with Crippen LogP contribution in [0.5, 0.6) is 0 Å². The Kier molecular flexibility index (Phi) is 4.84. The number of hydrogen-bond acceptors (Lipinski definition) is 7. The zero-order chi connectivity index (χ0) is 20.1. The maximum Gasteiger partial charge on any atom is 0.419 e. The summed E-state index contributed by atoms with van der Waals surface area (Å²) in [6, 6.07) is 1.07. The molecule has 0 aromatic carbocycles. The van der Waals surface area contributed by atoms with Crippen LogP contribution in [0.2, 0.25) is 5.15 Å². The highest BCUT2D eigenvalue weighted by atomic mass is 35.5. The molecule has 1 aliphatic rings. The Labute approximate surface area is 166 Å². The first-order chi connectivity index (χ1) is 13.2. The molecular weight excluding hydrogens is 417 g/mol. The van der Waals surface area contributed by atoms with Gasteiger partial charge >= 0.3 is 6.18 Å². The van der Waals surface area contributed by atoms with Gasteiger partial charge in [-0.2, -0.15) is 17.7 Å². The molecule has 12 heteroatoms. The summed E-state index contributed by atoms with van der Waals surface area (Å²) in [6.07, 6.45) is -0.624. The lowest BCUT2D eigenvalue weighted by atomic mass is 9.93. The van der Waals surface area contributed by atoms with Crippen LogP contribution >= 0.6 is 22.9 Å². The molecule has 7 nitrogen and oxygen atoms in total. The molecule has 0 saturated heterocycles. The average Bonchev–Trinajstić information content (AvgIpc) is 3.12. The van der Waals surface area contributed by atoms with E-state index in [-0.39, 0.29) is 28.6 Å². The third-order valence-electron chi connectivity index (χ3n) is 4.68. The molecule has 0 amide bonds. The van der Waals surface area contributed by atoms with Gasteiger partial charge < -0.3 is 16.2 Å². The van der Waals surface area contributed by atoms with Gasteiger partial charge in [0.1, 0.15) is 11.5 Å². The summed E-state index contributed by atoms with van der Waals surface area (Å²) in [5, 5.41) is 17.9. The quantitative estimate of drug-likeness (QED) is 0.581. The standard InChI is InChI=1S/C16H16ClF3N6OS/c17-12-11(7-5-10(16(18,19)20)13(21)22-6-7)26-15(24-12)28-14(25-26)23-8-1-3-9(27)4-2-8/h5-6,8-9,27H,1-4H2,(H2,21,22)(H,23,25). The van der Waals surface area contributed by atoms with Crippen molar-refractivity contribution in [2.75, 3.05) is 11.1 Å². The lowest BCUT2D eigenvalue weighted by Crippen LogP contribution is -2.28. The minimum absolute atomic E-state index is 0.0331. The van der Waals surface area contributed by atoms with Crippen molar-refractivity contribution in [1.29, 1.82) is 0 Å². The van der Waals surface area contributed by atoms with E-state index in [9.17, 15) is 18.3 Å². The van der Waals surface area contributed by atoms with Crippen LogP contribution in [-0.4, -0.2) is 36.8 Å². The molecule has 1 aliphatic carbocycles. The number of rotatable bonds is 3. The Morgan fingerprint density at radius 1 is 1.29 bits per heavy atom. The number of pyridine rings is 1. The second-order valence-electron chi connectivity index (χ2n) is 6.66. The zero-order valence-electron chi connectivity index (χ0n) is 14.4. The summed E-state index contributed by atoms with van der Waals surface area (Å²) in [5.74, 6) is -0.603. The second kappa shape index (κ2) is 7.05. The van der Waals surface area contributed by atoms with Crippen molar-refractivity contribution in [3.63, 3.8) is 0 Å². The van der Waals surface area contributed by atoms with Crippen LogP contribution in [0.4, 0.5) is 24.1 Å². The molecular formula is C16H16ClF3N6OS. The minimum atomic E-state index is -4.64. The van der Waals surface area contributed by atoms with Crippen LogP contribution in [0.1, 0.15) is 31.2 Å². The van der Waals surface area contributed by atoms with Crippen LogP contribution in [0, 0.1) is 0 Å². The highest BCUT2D eigenvalue weighted by molar-refractivity contribution is 7.20. The molecule has 0 radical (unpaired) electrons. The number of anilines is 2. The molecule has 0 unspecified atom stereocenters. The van der Waals surface area contributed by atoms with Crippen molar-refractivity contribution >= 4 is 38.8 Å². The Bertz CT molecular complexity index is 1010. The third kappa shape index (κ3) is 3.61. The van der Waals surface area contributed by atoms with Gasteiger partial charge in [-0.05, 0) is 31.7 Å². The maximum atomic E-state index is 13.2. The van der Waals surface area contributed by atoms with Gasteiger partial charge in [0.2, 0.25) is 10.1 Å². The first kappa shape index (κ1) is 19.2. The van der Waals surface area contributed by atoms with Gasteiger partial charge in [0.15, 0.2) is 5.15 Å². The normalized spacial score (nSPS) is 20.6. The fraction of sp³-hybridized carbons (Fsp3) is 0.438. The van der Waals surface area contributed by atoms with Gasteiger partial charge in [0.05, 0.1) is 11.7 Å². The van der Waals surface area contributed by atoms with E-state index >= 15 is 0 Å². The lowest BCUT2D eigenvalue weighted by molar-refractivity contribution is -0.137. The second-order valence-corrected chi connectivity index (χ2v) is 7.97. The number of halogens is 4. The van der Waals surface area contributed by atoms with Crippen molar-refractivity contribution in [3.8, 4) is 11.3 Å². The van der Waals surface area contributed by atoms with Gasteiger partial charge in [-0.3, -0.25) is 0 Å². The number of nitrogens with two attached hydrogens (primary N) is 1. The number of fused-ring (bicyclic) bond motifs is 1. The summed E-state index contributed by atoms with van der Waals surface area (Å²) in [4.78, 5) is 8.29. The van der Waals surface area contributed by atoms with E-state index in [4.69, 9.17) is 17.3 Å². The molecule has 0 spiro atoms. The van der Waals surface area contributed by atoms with Crippen LogP contribution in [0.25, 0.3) is 16.2 Å². The number of alkyl halides is 3. The summed E-state index contributed by atoms with van der Waals surface area (Å²) >= 11 is 7.41. The molecule has 0 aliphatic heterocycles. The van der Waals surface area contributed by atoms with Crippen LogP contribution in [0.3, 0.4) is 0 Å². The molecule has 28 heavy (non-hydrogen) atoms. The van der Waals surface area contributed by atoms with Gasteiger partial charge in [-0.1, -0.05) is 22.9 Å². The Morgan fingerprint density at radius 3 is 2.68 bits per heavy atom. The molecule has 3 aromatic rings. The lowest BCUT2D eigenvalue weighted by Gasteiger charge is -2.25. The van der Waals surface area contributed by atoms with E-state index in [1.54, 1.807) is 0 Å². The van der Waals surface area contributed by atoms with E-state index in [1.165, 1.54) is 22.0 Å². The van der Waals surface area contributed by atoms with Crippen molar-refractivity contribution < 1.29 is 18.3 Å². The Balaban J connectivity index is 1.68. The zero-order valence-corrected chi connectivity index (χ0v) is 15.9. The average molecular weight is 433 g/mol. The molecule has 4 rings (SSSR count). The summed E-state index contributed by atoms with van der Waals surface area (Å²) < 4.78 is 40.9. The predicted octanol–water partition coefficient (Wildman–Crippen LogP) is 3.82. The number of aliphatic hydroxyl groups excluding tert-OH is 1. The van der Waals surface area contributed by atoms with Crippen molar-refractivity contribution in [1.82, 2.24) is 19.6 Å². The minimum Gasteiger partial charge on any atom is -0.393 e. The molecule has 150 valence electrons. The monoisotopic (exact) mass is 432 g/mol. The van der Waals surface area contributed by atoms with Gasteiger partial charge in [-0.15, -0.1) is 5.10 Å². The number of imidazole rings is 1. The van der Waals surface area contributed by atoms with E-state index < -0.39 is 17.6 Å². The van der Waals surface area contributed by atoms with Crippen molar-refractivity contribution in [2.24, 2.45) is 0 Å². The van der Waals surface area contributed by atoms with Gasteiger partial charge in [0, 0.05) is 17.8 Å². The van der Waals surface area contributed by atoms with Crippen LogP contribution in [-0.2, 0) is 6.18 Å². The summed E-state index contributed by atoms with van der Waals surface area (Å²) in [6.45, 7) is 0. The predicted molar refractivity (Wildman–Crippen MR) is 100 cm³/mol. The summed E-state index contributed by atoms with van der Waals surface area (Å²) in [5.41, 5.74) is 4.68. The third-order valence-corrected chi connectivity index (χ3v) is 5.79. The molecule has 3 heterocycles. The van der Waals surface area contributed by atoms with E-state index in [1.807, 2.05) is 0 Å². The van der Waals surface area contributed by atoms with Crippen LogP contribution < -0.4 is 11.1 Å². The van der Waals surface area contributed by atoms with Crippen molar-refractivity contribution in [2.45, 2.75) is 44.0 Å². The van der Waals surface area contributed by atoms with E-state index in [0.29, 0.717) is 22.9 Å². The van der Waals surface area contributed by atoms with Gasteiger partial charge in [-0.25, -0.2) is 9.97 Å². The van der Waals surface area contributed by atoms with Crippen LogP contribution in [0.15, 0.2) is 12.3 Å². The first-order valence-electron chi connectivity index (χ1n) is 8.55. The van der Waals surface area contributed by atoms with Crippen molar-refractivity contribution in [3.05, 3.63) is 23.0 Å². The topological polar surface area (TPSA) is 101 Å². The number of nitrogens with one attached hydrogen (secondary N) is 1. The Morgan fingerprint density at radius 2 is 2.00 bits per heavy atom. The largest absolute Gasteiger partial charge is 0.419 e. The Hall–Kier alpha value is -2.11. The highest BCUT2D eigenvalue weighted by Gasteiger charge is 2.34. The van der Waals surface area contributed by atoms with E-state index in [2.05, 4.69) is 20.4 Å². The summed E-state index contributed by atoms with van der Waals surface area (Å²) in [7, 11) is 0. The molecule has 1 fully saturated rings. The fourth-order valence-electron chi connectivity index (χ4n) is 3.25. The fourth-order valence-corrected chi connectivity index (χ4v) is 4.45. The molecule has 0 bridgehead atoms.